The highest BCUT2D eigenvalue weighted by atomic mass is 32.2. The van der Waals surface area contributed by atoms with Gasteiger partial charge in [0.25, 0.3) is 0 Å². The van der Waals surface area contributed by atoms with E-state index in [9.17, 15) is 9.59 Å². The Hall–Kier alpha value is -2.73. The lowest BCUT2D eigenvalue weighted by Crippen LogP contribution is -2.11. The number of carbonyl (C=O) groups excluding carboxylic acids is 1. The average molecular weight is 397 g/mol. The normalized spacial score (nSPS) is 10.8. The molecular weight excluding hydrogens is 374 g/mol. The van der Waals surface area contributed by atoms with Crippen molar-refractivity contribution in [3.63, 3.8) is 0 Å². The summed E-state index contributed by atoms with van der Waals surface area (Å²) in [7, 11) is 1.37. The molecule has 1 heterocycles. The number of fused-ring (bicyclic) bond motifs is 1. The number of para-hydroxylation sites is 1. The van der Waals surface area contributed by atoms with Gasteiger partial charge < -0.3 is 14.5 Å². The molecule has 6 heteroatoms. The van der Waals surface area contributed by atoms with E-state index < -0.39 is 0 Å². The van der Waals surface area contributed by atoms with E-state index in [4.69, 9.17) is 9.15 Å². The Morgan fingerprint density at radius 1 is 1.21 bits per heavy atom. The molecule has 0 radical (unpaired) electrons. The van der Waals surface area contributed by atoms with Gasteiger partial charge in [-0.3, -0.25) is 4.79 Å². The van der Waals surface area contributed by atoms with Gasteiger partial charge in [-0.05, 0) is 48.4 Å². The zero-order valence-corrected chi connectivity index (χ0v) is 17.0. The lowest BCUT2D eigenvalue weighted by atomic mass is 10.0. The second kappa shape index (κ2) is 8.97. The molecule has 0 atom stereocenters. The van der Waals surface area contributed by atoms with Crippen molar-refractivity contribution in [2.45, 2.75) is 25.4 Å². The van der Waals surface area contributed by atoms with Gasteiger partial charge in [-0.15, -0.1) is 0 Å². The van der Waals surface area contributed by atoms with Crippen molar-refractivity contribution in [1.29, 1.82) is 0 Å². The monoisotopic (exact) mass is 397 g/mol. The van der Waals surface area contributed by atoms with Gasteiger partial charge >= 0.3 is 5.97 Å². The van der Waals surface area contributed by atoms with Crippen LogP contribution >= 0.6 is 11.8 Å². The zero-order valence-electron chi connectivity index (χ0n) is 16.2. The maximum atomic E-state index is 12.5. The number of anilines is 1. The molecule has 0 aliphatic rings. The molecule has 28 heavy (non-hydrogen) atoms. The second-order valence-corrected chi connectivity index (χ2v) is 7.65. The molecule has 5 nitrogen and oxygen atoms in total. The largest absolute Gasteiger partial charge is 0.465 e. The molecule has 3 aromatic rings. The van der Waals surface area contributed by atoms with Crippen molar-refractivity contribution in [1.82, 2.24) is 0 Å². The van der Waals surface area contributed by atoms with Crippen molar-refractivity contribution < 1.29 is 13.9 Å². The van der Waals surface area contributed by atoms with E-state index in [1.54, 1.807) is 18.2 Å². The minimum Gasteiger partial charge on any atom is -0.465 e. The highest BCUT2D eigenvalue weighted by molar-refractivity contribution is 7.99. The lowest BCUT2D eigenvalue weighted by molar-refractivity contribution is 0.0602. The fourth-order valence-corrected chi connectivity index (χ4v) is 3.74. The van der Waals surface area contributed by atoms with Crippen LogP contribution in [-0.4, -0.2) is 25.4 Å². The number of esters is 1. The first kappa shape index (κ1) is 20.0. The van der Waals surface area contributed by atoms with Gasteiger partial charge in [-0.1, -0.05) is 36.9 Å². The highest BCUT2D eigenvalue weighted by Crippen LogP contribution is 2.25. The second-order valence-electron chi connectivity index (χ2n) is 6.38. The molecule has 0 amide bonds. The molecule has 0 aliphatic heterocycles. The molecule has 0 bridgehead atoms. The number of carbonyl (C=O) groups is 1. The van der Waals surface area contributed by atoms with Crippen LogP contribution in [0, 0.1) is 6.92 Å². The molecule has 146 valence electrons. The van der Waals surface area contributed by atoms with Gasteiger partial charge in [0, 0.05) is 18.3 Å². The SMILES string of the molecule is CCSc1cc(=O)c2cc(C)cc(CCNc3ccccc3C(=O)OC)c2o1. The number of methoxy groups -OCH3 is 1. The van der Waals surface area contributed by atoms with Gasteiger partial charge in [0.05, 0.1) is 18.1 Å². The van der Waals surface area contributed by atoms with Crippen LogP contribution in [0.1, 0.15) is 28.4 Å². The van der Waals surface area contributed by atoms with Crippen molar-refractivity contribution in [2.75, 3.05) is 24.7 Å². The smallest absolute Gasteiger partial charge is 0.339 e. The molecule has 0 saturated carbocycles. The van der Waals surface area contributed by atoms with Gasteiger partial charge in [0.2, 0.25) is 0 Å². The maximum Gasteiger partial charge on any atom is 0.339 e. The summed E-state index contributed by atoms with van der Waals surface area (Å²) in [6.45, 7) is 4.58. The summed E-state index contributed by atoms with van der Waals surface area (Å²) in [5, 5.41) is 4.53. The van der Waals surface area contributed by atoms with Crippen LogP contribution in [-0.2, 0) is 11.2 Å². The molecule has 1 N–H and O–H groups in total. The predicted molar refractivity (Wildman–Crippen MR) is 114 cm³/mol. The van der Waals surface area contributed by atoms with Crippen LogP contribution in [0.25, 0.3) is 11.0 Å². The van der Waals surface area contributed by atoms with Crippen molar-refractivity contribution >= 4 is 34.4 Å². The number of hydrogen-bond donors (Lipinski definition) is 1. The van der Waals surface area contributed by atoms with E-state index in [0.717, 1.165) is 22.6 Å². The third-order valence-corrected chi connectivity index (χ3v) is 5.13. The minimum absolute atomic E-state index is 0.0221. The summed E-state index contributed by atoms with van der Waals surface area (Å²) in [5.74, 6) is 0.456. The Kier molecular flexibility index (Phi) is 6.41. The summed E-state index contributed by atoms with van der Waals surface area (Å²) in [4.78, 5) is 24.4. The Bertz CT molecular complexity index is 1060. The van der Waals surface area contributed by atoms with Gasteiger partial charge in [-0.25, -0.2) is 4.79 Å². The number of nitrogens with one attached hydrogen (secondary N) is 1. The van der Waals surface area contributed by atoms with Gasteiger partial charge in [0.1, 0.15) is 5.58 Å². The first-order chi connectivity index (χ1) is 13.5. The summed E-state index contributed by atoms with van der Waals surface area (Å²) < 4.78 is 10.8. The van der Waals surface area contributed by atoms with Crippen molar-refractivity contribution in [2.24, 2.45) is 0 Å². The number of hydrogen-bond acceptors (Lipinski definition) is 6. The molecule has 0 fully saturated rings. The fraction of sp³-hybridized carbons (Fsp3) is 0.273. The molecule has 0 saturated heterocycles. The number of rotatable bonds is 7. The Labute approximate surface area is 168 Å². The highest BCUT2D eigenvalue weighted by Gasteiger charge is 2.13. The Morgan fingerprint density at radius 2 is 2.00 bits per heavy atom. The van der Waals surface area contributed by atoms with E-state index in [1.807, 2.05) is 38.1 Å². The topological polar surface area (TPSA) is 68.5 Å². The fourth-order valence-electron chi connectivity index (χ4n) is 3.12. The summed E-state index contributed by atoms with van der Waals surface area (Å²) in [6.07, 6.45) is 0.650. The maximum absolute atomic E-state index is 12.5. The summed E-state index contributed by atoms with van der Waals surface area (Å²) in [6, 6.07) is 12.7. The lowest BCUT2D eigenvalue weighted by Gasteiger charge is -2.12. The van der Waals surface area contributed by atoms with Gasteiger partial charge in [-0.2, -0.15) is 0 Å². The minimum atomic E-state index is -0.378. The third kappa shape index (κ3) is 4.39. The first-order valence-corrected chi connectivity index (χ1v) is 10.1. The van der Waals surface area contributed by atoms with E-state index in [-0.39, 0.29) is 11.4 Å². The quantitative estimate of drug-likeness (QED) is 0.462. The van der Waals surface area contributed by atoms with Crippen LogP contribution in [0.2, 0.25) is 0 Å². The molecule has 3 rings (SSSR count). The molecule has 2 aromatic carbocycles. The molecule has 0 unspecified atom stereocenters. The van der Waals surface area contributed by atoms with E-state index in [2.05, 4.69) is 5.32 Å². The zero-order chi connectivity index (χ0) is 20.1. The standard InChI is InChI=1S/C22H23NO4S/c1-4-28-20-13-19(24)17-12-14(2)11-15(21(17)27-20)9-10-23-18-8-6-5-7-16(18)22(25)26-3/h5-8,11-13,23H,4,9-10H2,1-3H3. The molecule has 0 spiro atoms. The van der Waals surface area contributed by atoms with E-state index in [0.29, 0.717) is 34.6 Å². The summed E-state index contributed by atoms with van der Waals surface area (Å²) in [5.41, 5.74) is 3.81. The van der Waals surface area contributed by atoms with Crippen LogP contribution < -0.4 is 10.7 Å². The van der Waals surface area contributed by atoms with Crippen LogP contribution in [0.3, 0.4) is 0 Å². The predicted octanol–water partition coefficient (Wildman–Crippen LogP) is 4.65. The van der Waals surface area contributed by atoms with Crippen LogP contribution in [0.4, 0.5) is 5.69 Å². The Balaban J connectivity index is 1.87. The van der Waals surface area contributed by atoms with Crippen molar-refractivity contribution in [3.8, 4) is 0 Å². The van der Waals surface area contributed by atoms with E-state index in [1.165, 1.54) is 18.9 Å². The molecule has 1 aromatic heterocycles. The number of benzene rings is 2. The first-order valence-electron chi connectivity index (χ1n) is 9.15. The number of thioether (sulfide) groups is 1. The average Bonchev–Trinajstić information content (AvgIpc) is 2.69. The summed E-state index contributed by atoms with van der Waals surface area (Å²) >= 11 is 1.51. The van der Waals surface area contributed by atoms with Crippen LogP contribution in [0.15, 0.2) is 56.8 Å². The number of aryl methyl sites for hydroxylation is 1. The van der Waals surface area contributed by atoms with Crippen LogP contribution in [0.5, 0.6) is 0 Å². The third-order valence-electron chi connectivity index (χ3n) is 4.36. The van der Waals surface area contributed by atoms with Crippen molar-refractivity contribution in [3.05, 3.63) is 69.4 Å². The van der Waals surface area contributed by atoms with E-state index >= 15 is 0 Å². The Morgan fingerprint density at radius 3 is 2.75 bits per heavy atom. The van der Waals surface area contributed by atoms with Gasteiger partial charge in [0.15, 0.2) is 10.5 Å². The number of ether oxygens (including phenoxy) is 1. The molecule has 0 aliphatic carbocycles. The molecular formula is C22H23NO4S.